The molecule has 1 N–H and O–H groups in total. The smallest absolute Gasteiger partial charge is 0.0660 e. The monoisotopic (exact) mass is 269 g/mol. The third-order valence-corrected chi connectivity index (χ3v) is 4.16. The number of nitrogens with one attached hydrogen (secondary N) is 1. The molecule has 0 aliphatic heterocycles. The van der Waals surface area contributed by atoms with E-state index in [4.69, 9.17) is 0 Å². The summed E-state index contributed by atoms with van der Waals surface area (Å²) in [5.41, 5.74) is 2.51. The molecule has 106 valence electrons. The molecule has 0 bridgehead atoms. The number of hydrogen-bond acceptors (Lipinski definition) is 2. The van der Waals surface area contributed by atoms with Crippen LogP contribution in [0.3, 0.4) is 0 Å². The van der Waals surface area contributed by atoms with Gasteiger partial charge < -0.3 is 5.32 Å². The first-order valence-corrected chi connectivity index (χ1v) is 7.62. The van der Waals surface area contributed by atoms with Gasteiger partial charge in [0.1, 0.15) is 0 Å². The summed E-state index contributed by atoms with van der Waals surface area (Å²) >= 11 is 0. The Balaban J connectivity index is 1.58. The highest BCUT2D eigenvalue weighted by Crippen LogP contribution is 2.31. The average molecular weight is 269 g/mol. The van der Waals surface area contributed by atoms with E-state index in [-0.39, 0.29) is 0 Å². The van der Waals surface area contributed by atoms with E-state index in [1.807, 2.05) is 23.1 Å². The minimum atomic E-state index is 0.556. The van der Waals surface area contributed by atoms with E-state index in [1.165, 1.54) is 36.9 Å². The van der Waals surface area contributed by atoms with Gasteiger partial charge in [0, 0.05) is 24.1 Å². The van der Waals surface area contributed by atoms with Crippen molar-refractivity contribution < 1.29 is 0 Å². The maximum absolute atomic E-state index is 4.26. The van der Waals surface area contributed by atoms with Gasteiger partial charge in [-0.1, -0.05) is 31.4 Å². The quantitative estimate of drug-likeness (QED) is 0.861. The van der Waals surface area contributed by atoms with Gasteiger partial charge in [-0.2, -0.15) is 5.10 Å². The van der Waals surface area contributed by atoms with Crippen molar-refractivity contribution in [3.8, 4) is 0 Å². The van der Waals surface area contributed by atoms with Crippen molar-refractivity contribution in [2.75, 3.05) is 5.32 Å². The summed E-state index contributed by atoms with van der Waals surface area (Å²) in [6.45, 7) is 3.12. The highest BCUT2D eigenvalue weighted by atomic mass is 15.3. The van der Waals surface area contributed by atoms with Crippen LogP contribution in [0.2, 0.25) is 0 Å². The first-order valence-electron chi connectivity index (χ1n) is 7.62. The molecule has 1 aromatic heterocycles. The van der Waals surface area contributed by atoms with E-state index < -0.39 is 0 Å². The Kier molecular flexibility index (Phi) is 4.05. The molecular weight excluding hydrogens is 246 g/mol. The molecular formula is C17H23N3. The standard InChI is InChI=1S/C17H23N3/c1-14(11-15-5-2-6-15)19-17-8-3-7-16(12-17)13-20-10-4-9-18-20/h3-4,7-10,12,14-15,19H,2,5-6,11,13H2,1H3. The van der Waals surface area contributed by atoms with Crippen molar-refractivity contribution >= 4 is 5.69 Å². The van der Waals surface area contributed by atoms with E-state index in [0.29, 0.717) is 6.04 Å². The zero-order valence-corrected chi connectivity index (χ0v) is 12.1. The third kappa shape index (κ3) is 3.41. The second kappa shape index (κ2) is 6.12. The number of benzene rings is 1. The molecule has 3 rings (SSSR count). The molecule has 0 spiro atoms. The predicted octanol–water partition coefficient (Wildman–Crippen LogP) is 3.92. The molecule has 1 saturated carbocycles. The van der Waals surface area contributed by atoms with Crippen LogP contribution in [-0.4, -0.2) is 15.8 Å². The lowest BCUT2D eigenvalue weighted by molar-refractivity contribution is 0.286. The molecule has 3 nitrogen and oxygen atoms in total. The second-order valence-electron chi connectivity index (χ2n) is 5.98. The summed E-state index contributed by atoms with van der Waals surface area (Å²) in [4.78, 5) is 0. The van der Waals surface area contributed by atoms with Crippen molar-refractivity contribution in [1.82, 2.24) is 9.78 Å². The van der Waals surface area contributed by atoms with Crippen molar-refractivity contribution in [3.63, 3.8) is 0 Å². The zero-order chi connectivity index (χ0) is 13.8. The Labute approximate surface area is 121 Å². The lowest BCUT2D eigenvalue weighted by atomic mass is 9.81. The maximum atomic E-state index is 4.26. The molecule has 1 fully saturated rings. The van der Waals surface area contributed by atoms with E-state index in [9.17, 15) is 0 Å². The largest absolute Gasteiger partial charge is 0.383 e. The van der Waals surface area contributed by atoms with Crippen LogP contribution in [-0.2, 0) is 6.54 Å². The fourth-order valence-electron chi connectivity index (χ4n) is 2.91. The summed E-state index contributed by atoms with van der Waals surface area (Å²) in [5.74, 6) is 0.949. The molecule has 0 amide bonds. The average Bonchev–Trinajstić information content (AvgIpc) is 2.87. The topological polar surface area (TPSA) is 29.9 Å². The van der Waals surface area contributed by atoms with E-state index in [2.05, 4.69) is 41.6 Å². The number of rotatable bonds is 6. The van der Waals surface area contributed by atoms with E-state index >= 15 is 0 Å². The molecule has 3 heteroatoms. The maximum Gasteiger partial charge on any atom is 0.0660 e. The van der Waals surface area contributed by atoms with Gasteiger partial charge in [0.25, 0.3) is 0 Å². The van der Waals surface area contributed by atoms with Crippen LogP contribution in [0.4, 0.5) is 5.69 Å². The highest BCUT2D eigenvalue weighted by molar-refractivity contribution is 5.46. The highest BCUT2D eigenvalue weighted by Gasteiger charge is 2.19. The third-order valence-electron chi connectivity index (χ3n) is 4.16. The Hall–Kier alpha value is -1.77. The van der Waals surface area contributed by atoms with Gasteiger partial charge >= 0.3 is 0 Å². The van der Waals surface area contributed by atoms with Crippen LogP contribution in [0.5, 0.6) is 0 Å². The van der Waals surface area contributed by atoms with Crippen LogP contribution >= 0.6 is 0 Å². The lowest BCUT2D eigenvalue weighted by Gasteiger charge is -2.29. The van der Waals surface area contributed by atoms with Crippen molar-refractivity contribution in [3.05, 3.63) is 48.3 Å². The molecule has 2 aromatic rings. The fourth-order valence-corrected chi connectivity index (χ4v) is 2.91. The van der Waals surface area contributed by atoms with Gasteiger partial charge in [-0.15, -0.1) is 0 Å². The van der Waals surface area contributed by atoms with E-state index in [0.717, 1.165) is 12.5 Å². The minimum absolute atomic E-state index is 0.556. The first kappa shape index (κ1) is 13.2. The van der Waals surface area contributed by atoms with Gasteiger partial charge in [-0.3, -0.25) is 4.68 Å². The van der Waals surface area contributed by atoms with Gasteiger partial charge in [0.2, 0.25) is 0 Å². The van der Waals surface area contributed by atoms with Crippen LogP contribution in [0.1, 0.15) is 38.2 Å². The lowest BCUT2D eigenvalue weighted by Crippen LogP contribution is -2.23. The Morgan fingerprint density at radius 2 is 2.25 bits per heavy atom. The van der Waals surface area contributed by atoms with Crippen LogP contribution in [0.15, 0.2) is 42.7 Å². The predicted molar refractivity (Wildman–Crippen MR) is 82.8 cm³/mol. The van der Waals surface area contributed by atoms with Crippen LogP contribution < -0.4 is 5.32 Å². The normalized spacial score (nSPS) is 16.6. The molecule has 0 radical (unpaired) electrons. The summed E-state index contributed by atoms with van der Waals surface area (Å²) < 4.78 is 1.96. The fraction of sp³-hybridized carbons (Fsp3) is 0.471. The summed E-state index contributed by atoms with van der Waals surface area (Å²) in [7, 11) is 0. The summed E-state index contributed by atoms with van der Waals surface area (Å²) in [5, 5.41) is 7.89. The first-order chi connectivity index (χ1) is 9.79. The SMILES string of the molecule is CC(CC1CCC1)Nc1cccc(Cn2cccn2)c1. The Morgan fingerprint density at radius 3 is 2.95 bits per heavy atom. The van der Waals surface area contributed by atoms with Crippen LogP contribution in [0.25, 0.3) is 0 Å². The molecule has 1 aliphatic carbocycles. The van der Waals surface area contributed by atoms with Gasteiger partial charge in [-0.25, -0.2) is 0 Å². The van der Waals surface area contributed by atoms with Gasteiger partial charge in [0.15, 0.2) is 0 Å². The minimum Gasteiger partial charge on any atom is -0.383 e. The summed E-state index contributed by atoms with van der Waals surface area (Å²) in [6, 6.07) is 11.2. The number of aromatic nitrogens is 2. The molecule has 1 aliphatic rings. The van der Waals surface area contributed by atoms with Gasteiger partial charge in [-0.05, 0) is 43.0 Å². The van der Waals surface area contributed by atoms with Crippen molar-refractivity contribution in [1.29, 1.82) is 0 Å². The molecule has 1 atom stereocenters. The molecule has 20 heavy (non-hydrogen) atoms. The number of nitrogens with zero attached hydrogens (tertiary/aromatic N) is 2. The van der Waals surface area contributed by atoms with E-state index in [1.54, 1.807) is 0 Å². The second-order valence-corrected chi connectivity index (χ2v) is 5.98. The summed E-state index contributed by atoms with van der Waals surface area (Å²) in [6.07, 6.45) is 9.39. The molecule has 1 unspecified atom stereocenters. The molecule has 1 aromatic carbocycles. The number of anilines is 1. The zero-order valence-electron chi connectivity index (χ0n) is 12.1. The molecule has 0 saturated heterocycles. The van der Waals surface area contributed by atoms with Crippen LogP contribution in [0, 0.1) is 5.92 Å². The Morgan fingerprint density at radius 1 is 1.35 bits per heavy atom. The van der Waals surface area contributed by atoms with Crippen molar-refractivity contribution in [2.24, 2.45) is 5.92 Å². The van der Waals surface area contributed by atoms with Gasteiger partial charge in [0.05, 0.1) is 6.54 Å². The molecule has 1 heterocycles. The number of hydrogen-bond donors (Lipinski definition) is 1. The van der Waals surface area contributed by atoms with Crippen molar-refractivity contribution in [2.45, 2.75) is 45.2 Å². The Bertz CT molecular complexity index is 529.